The quantitative estimate of drug-likeness (QED) is 0.597. The zero-order valence-electron chi connectivity index (χ0n) is 11.1. The molecule has 0 aliphatic heterocycles. The molecule has 0 saturated heterocycles. The third-order valence-corrected chi connectivity index (χ3v) is 3.12. The van der Waals surface area contributed by atoms with Crippen molar-refractivity contribution in [2.45, 2.75) is 48.0 Å². The summed E-state index contributed by atoms with van der Waals surface area (Å²) in [5.41, 5.74) is 3.88. The van der Waals surface area contributed by atoms with E-state index in [0.29, 0.717) is 12.3 Å². The van der Waals surface area contributed by atoms with E-state index in [2.05, 4.69) is 4.74 Å². The Labute approximate surface area is 97.5 Å². The van der Waals surface area contributed by atoms with Gasteiger partial charge >= 0.3 is 12.1 Å². The fourth-order valence-electron chi connectivity index (χ4n) is 1.72. The Morgan fingerprint density at radius 2 is 1.62 bits per heavy atom. The highest BCUT2D eigenvalue weighted by Gasteiger charge is 2.46. The van der Waals surface area contributed by atoms with Crippen LogP contribution in [0.15, 0.2) is 0 Å². The summed E-state index contributed by atoms with van der Waals surface area (Å²) in [5, 5.41) is 0. The summed E-state index contributed by atoms with van der Waals surface area (Å²) < 4.78 is 4.54. The number of amides is 1. The van der Waals surface area contributed by atoms with E-state index in [1.165, 1.54) is 0 Å². The van der Waals surface area contributed by atoms with Gasteiger partial charge in [-0.1, -0.05) is 34.6 Å². The van der Waals surface area contributed by atoms with Crippen LogP contribution in [0.25, 0.3) is 0 Å². The number of carbonyl (C=O) groups excluding carboxylic acids is 2. The molecular formula is C12H23NO3. The highest BCUT2D eigenvalue weighted by Crippen LogP contribution is 2.44. The number of esters is 1. The van der Waals surface area contributed by atoms with E-state index in [0.717, 1.165) is 0 Å². The first-order chi connectivity index (χ1) is 7.00. The summed E-state index contributed by atoms with van der Waals surface area (Å²) in [4.78, 5) is 22.6. The van der Waals surface area contributed by atoms with E-state index in [1.807, 2.05) is 41.5 Å². The number of hydrogen-bond donors (Lipinski definition) is 1. The fourth-order valence-corrected chi connectivity index (χ4v) is 1.72. The monoisotopic (exact) mass is 229 g/mol. The fraction of sp³-hybridized carbons (Fsp3) is 0.833. The molecule has 0 aliphatic rings. The Bertz CT molecular complexity index is 278. The van der Waals surface area contributed by atoms with Crippen LogP contribution in [0.5, 0.6) is 0 Å². The Kier molecular flexibility index (Phi) is 4.53. The highest BCUT2D eigenvalue weighted by molar-refractivity contribution is 5.87. The molecular weight excluding hydrogens is 206 g/mol. The lowest BCUT2D eigenvalue weighted by molar-refractivity contribution is -0.156. The first-order valence-corrected chi connectivity index (χ1v) is 5.52. The largest absolute Gasteiger partial charge is 0.412 e. The predicted molar refractivity (Wildman–Crippen MR) is 62.7 cm³/mol. The summed E-state index contributed by atoms with van der Waals surface area (Å²) in [6.07, 6.45) is -0.382. The van der Waals surface area contributed by atoms with Crippen LogP contribution in [0, 0.1) is 16.7 Å². The maximum Gasteiger partial charge on any atom is 0.412 e. The number of ether oxygens (including phenoxy) is 1. The number of rotatable bonds is 3. The van der Waals surface area contributed by atoms with Crippen molar-refractivity contribution in [1.82, 2.24) is 0 Å². The number of primary amides is 1. The van der Waals surface area contributed by atoms with Gasteiger partial charge in [-0.2, -0.15) is 0 Å². The number of carbonyl (C=O) groups is 2. The van der Waals surface area contributed by atoms with Crippen LogP contribution < -0.4 is 5.73 Å². The van der Waals surface area contributed by atoms with Gasteiger partial charge in [0.15, 0.2) is 0 Å². The molecule has 94 valence electrons. The van der Waals surface area contributed by atoms with Gasteiger partial charge in [-0.05, 0) is 24.7 Å². The summed E-state index contributed by atoms with van der Waals surface area (Å²) in [5.74, 6) is -0.203. The molecule has 0 aromatic heterocycles. The van der Waals surface area contributed by atoms with Gasteiger partial charge in [0.25, 0.3) is 0 Å². The van der Waals surface area contributed by atoms with E-state index in [-0.39, 0.29) is 5.41 Å². The topological polar surface area (TPSA) is 69.4 Å². The second-order valence-electron chi connectivity index (χ2n) is 5.89. The molecule has 0 fully saturated rings. The average molecular weight is 229 g/mol. The average Bonchev–Trinajstić information content (AvgIpc) is 1.98. The molecule has 0 aromatic rings. The molecule has 1 atom stereocenters. The van der Waals surface area contributed by atoms with E-state index in [4.69, 9.17) is 5.73 Å². The molecule has 0 heterocycles. The molecule has 0 aliphatic carbocycles. The normalized spacial score (nSPS) is 15.7. The molecule has 4 heteroatoms. The third kappa shape index (κ3) is 3.51. The first-order valence-electron chi connectivity index (χ1n) is 5.52. The molecule has 1 unspecified atom stereocenters. The second kappa shape index (κ2) is 4.85. The molecule has 0 rings (SSSR count). The zero-order valence-corrected chi connectivity index (χ0v) is 11.1. The summed E-state index contributed by atoms with van der Waals surface area (Å²) in [6, 6.07) is 0. The Morgan fingerprint density at radius 1 is 1.19 bits per heavy atom. The van der Waals surface area contributed by atoms with Crippen molar-refractivity contribution < 1.29 is 14.3 Å². The van der Waals surface area contributed by atoms with Crippen LogP contribution in [0.3, 0.4) is 0 Å². The van der Waals surface area contributed by atoms with Gasteiger partial charge in [0, 0.05) is 0 Å². The molecule has 0 spiro atoms. The third-order valence-electron chi connectivity index (χ3n) is 3.12. The van der Waals surface area contributed by atoms with Gasteiger partial charge in [0.1, 0.15) is 0 Å². The van der Waals surface area contributed by atoms with E-state index < -0.39 is 17.5 Å². The smallest absolute Gasteiger partial charge is 0.376 e. The molecule has 0 saturated carbocycles. The Balaban J connectivity index is 5.08. The van der Waals surface area contributed by atoms with Crippen LogP contribution in [0.2, 0.25) is 0 Å². The standard InChI is InChI=1S/C12H23NO3/c1-8(2)7-12(6,11(3,4)5)9(14)16-10(13)15/h8H,7H2,1-6H3,(H2,13,15). The van der Waals surface area contributed by atoms with E-state index in [1.54, 1.807) is 0 Å². The van der Waals surface area contributed by atoms with Gasteiger partial charge < -0.3 is 10.5 Å². The minimum absolute atomic E-state index is 0.288. The summed E-state index contributed by atoms with van der Waals surface area (Å²) in [6.45, 7) is 11.7. The molecule has 2 N–H and O–H groups in total. The Hall–Kier alpha value is -1.06. The molecule has 0 radical (unpaired) electrons. The van der Waals surface area contributed by atoms with Crippen molar-refractivity contribution in [2.24, 2.45) is 22.5 Å². The van der Waals surface area contributed by atoms with Crippen molar-refractivity contribution in [1.29, 1.82) is 0 Å². The first kappa shape index (κ1) is 14.9. The van der Waals surface area contributed by atoms with Gasteiger partial charge in [-0.25, -0.2) is 4.79 Å². The van der Waals surface area contributed by atoms with Crippen LogP contribution >= 0.6 is 0 Å². The van der Waals surface area contributed by atoms with E-state index >= 15 is 0 Å². The number of nitrogens with two attached hydrogens (primary N) is 1. The minimum Gasteiger partial charge on any atom is -0.376 e. The summed E-state index contributed by atoms with van der Waals surface area (Å²) >= 11 is 0. The molecule has 4 nitrogen and oxygen atoms in total. The van der Waals surface area contributed by atoms with Gasteiger partial charge in [-0.3, -0.25) is 4.79 Å². The van der Waals surface area contributed by atoms with Crippen LogP contribution in [-0.4, -0.2) is 12.1 Å². The van der Waals surface area contributed by atoms with Crippen LogP contribution in [0.1, 0.15) is 48.0 Å². The van der Waals surface area contributed by atoms with Crippen molar-refractivity contribution in [2.75, 3.05) is 0 Å². The highest BCUT2D eigenvalue weighted by atomic mass is 16.6. The van der Waals surface area contributed by atoms with Gasteiger partial charge in [-0.15, -0.1) is 0 Å². The lowest BCUT2D eigenvalue weighted by Crippen LogP contribution is -2.44. The van der Waals surface area contributed by atoms with Crippen LogP contribution in [-0.2, 0) is 9.53 Å². The van der Waals surface area contributed by atoms with Crippen molar-refractivity contribution in [3.05, 3.63) is 0 Å². The lowest BCUT2D eigenvalue weighted by atomic mass is 9.64. The molecule has 16 heavy (non-hydrogen) atoms. The Morgan fingerprint density at radius 3 is 1.88 bits per heavy atom. The van der Waals surface area contributed by atoms with Crippen molar-refractivity contribution in [3.63, 3.8) is 0 Å². The van der Waals surface area contributed by atoms with Crippen molar-refractivity contribution >= 4 is 12.1 Å². The summed E-state index contributed by atoms with van der Waals surface area (Å²) in [7, 11) is 0. The van der Waals surface area contributed by atoms with Crippen LogP contribution in [0.4, 0.5) is 4.79 Å². The maximum atomic E-state index is 11.9. The minimum atomic E-state index is -1.04. The molecule has 0 bridgehead atoms. The predicted octanol–water partition coefficient (Wildman–Crippen LogP) is 2.71. The maximum absolute atomic E-state index is 11.9. The molecule has 0 aromatic carbocycles. The van der Waals surface area contributed by atoms with Gasteiger partial charge in [0.2, 0.25) is 0 Å². The number of hydrogen-bond acceptors (Lipinski definition) is 3. The zero-order chi connectivity index (χ0) is 13.1. The van der Waals surface area contributed by atoms with Crippen molar-refractivity contribution in [3.8, 4) is 0 Å². The van der Waals surface area contributed by atoms with Gasteiger partial charge in [0.05, 0.1) is 5.41 Å². The SMILES string of the molecule is CC(C)CC(C)(C(=O)OC(N)=O)C(C)(C)C. The molecule has 1 amide bonds. The lowest BCUT2D eigenvalue weighted by Gasteiger charge is -2.40. The second-order valence-corrected chi connectivity index (χ2v) is 5.89. The van der Waals surface area contributed by atoms with E-state index in [9.17, 15) is 9.59 Å².